The van der Waals surface area contributed by atoms with E-state index in [9.17, 15) is 4.79 Å². The number of methoxy groups -OCH3 is 1. The van der Waals surface area contributed by atoms with E-state index < -0.39 is 11.6 Å². The number of pyridine rings is 2. The number of ether oxygens (including phenoxy) is 2. The fraction of sp³-hybridized carbons (Fsp3) is 0.182. The number of fused-ring (bicyclic) bond motifs is 1. The van der Waals surface area contributed by atoms with Crippen molar-refractivity contribution in [3.8, 4) is 39.4 Å². The average Bonchev–Trinajstić information content (AvgIpc) is 3.35. The minimum absolute atomic E-state index is 0.367. The second-order valence-electron chi connectivity index (χ2n) is 10.1. The largest absolute Gasteiger partial charge is 0.495 e. The second-order valence-corrected chi connectivity index (χ2v) is 10.1. The van der Waals surface area contributed by atoms with E-state index in [0.29, 0.717) is 11.5 Å². The van der Waals surface area contributed by atoms with E-state index in [2.05, 4.69) is 63.7 Å². The van der Waals surface area contributed by atoms with E-state index in [1.165, 1.54) is 0 Å². The van der Waals surface area contributed by atoms with Crippen LogP contribution in [0.1, 0.15) is 31.7 Å². The highest BCUT2D eigenvalue weighted by Crippen LogP contribution is 2.43. The smallest absolute Gasteiger partial charge is 0.412 e. The molecule has 0 spiro atoms. The van der Waals surface area contributed by atoms with Crippen molar-refractivity contribution in [2.45, 2.75) is 31.7 Å². The van der Waals surface area contributed by atoms with Crippen molar-refractivity contribution in [2.24, 2.45) is 0 Å². The molecule has 3 heterocycles. The number of carbonyl (C=O) groups excluding carboxylic acids is 1. The first-order valence-electron chi connectivity index (χ1n) is 13.3. The molecule has 3 aromatic heterocycles. The average molecular weight is 531 g/mol. The van der Waals surface area contributed by atoms with Crippen LogP contribution in [0.5, 0.6) is 5.75 Å². The lowest BCUT2D eigenvalue weighted by Crippen LogP contribution is -2.50. The summed E-state index contributed by atoms with van der Waals surface area (Å²) in [6.45, 7) is 5.33. The highest BCUT2D eigenvalue weighted by molar-refractivity contribution is 5.87. The van der Waals surface area contributed by atoms with Crippen molar-refractivity contribution in [1.29, 1.82) is 0 Å². The molecule has 7 nitrogen and oxygen atoms in total. The van der Waals surface area contributed by atoms with Crippen LogP contribution in [0.2, 0.25) is 0 Å². The van der Waals surface area contributed by atoms with Gasteiger partial charge in [0, 0.05) is 34.6 Å². The molecule has 0 aliphatic heterocycles. The molecule has 200 valence electrons. The van der Waals surface area contributed by atoms with E-state index in [4.69, 9.17) is 14.5 Å². The Labute approximate surface area is 233 Å². The van der Waals surface area contributed by atoms with Crippen molar-refractivity contribution in [1.82, 2.24) is 19.7 Å². The molecule has 6 rings (SSSR count). The zero-order chi connectivity index (χ0) is 27.7. The number of carbonyl (C=O) groups is 1. The molecule has 7 heteroatoms. The van der Waals surface area contributed by atoms with Gasteiger partial charge < -0.3 is 14.8 Å². The van der Waals surface area contributed by atoms with Crippen LogP contribution in [0.15, 0.2) is 104 Å². The van der Waals surface area contributed by atoms with Crippen molar-refractivity contribution in [3.05, 3.63) is 109 Å². The molecule has 0 bridgehead atoms. The predicted molar refractivity (Wildman–Crippen MR) is 156 cm³/mol. The third kappa shape index (κ3) is 4.60. The highest BCUT2D eigenvalue weighted by atomic mass is 16.6. The topological polar surface area (TPSA) is 77.8 Å². The number of imidazole rings is 1. The lowest BCUT2D eigenvalue weighted by atomic mass is 9.71. The van der Waals surface area contributed by atoms with Gasteiger partial charge >= 0.3 is 6.09 Å². The van der Waals surface area contributed by atoms with Gasteiger partial charge in [-0.1, -0.05) is 61.2 Å². The summed E-state index contributed by atoms with van der Waals surface area (Å²) in [5.74, 6) is 1.06. The zero-order valence-corrected chi connectivity index (χ0v) is 22.6. The molecule has 1 fully saturated rings. The van der Waals surface area contributed by atoms with Crippen molar-refractivity contribution < 1.29 is 14.3 Å². The molecule has 40 heavy (non-hydrogen) atoms. The van der Waals surface area contributed by atoms with Crippen molar-refractivity contribution >= 4 is 11.7 Å². The molecule has 1 saturated carbocycles. The number of hydrogen-bond acceptors (Lipinski definition) is 5. The second kappa shape index (κ2) is 10.3. The van der Waals surface area contributed by atoms with Crippen molar-refractivity contribution in [2.75, 3.05) is 7.11 Å². The Balaban J connectivity index is 1.45. The SMILES string of the molecule is C=C(C)OC(=O)NC1(c2ccc(-c3nc4c(-c5cncc(OC)c5)cccn4c3-c3ccccc3)cc2)CCC1. The summed E-state index contributed by atoms with van der Waals surface area (Å²) < 4.78 is 12.7. The Kier molecular flexibility index (Phi) is 6.56. The van der Waals surface area contributed by atoms with Gasteiger partial charge in [0.05, 0.1) is 36.0 Å². The maximum Gasteiger partial charge on any atom is 0.412 e. The normalized spacial score (nSPS) is 13.8. The fourth-order valence-electron chi connectivity index (χ4n) is 5.39. The number of nitrogens with zero attached hydrogens (tertiary/aromatic N) is 3. The molecule has 0 unspecified atom stereocenters. The number of aromatic nitrogens is 3. The quantitative estimate of drug-likeness (QED) is 0.222. The van der Waals surface area contributed by atoms with E-state index in [1.807, 2.05) is 42.7 Å². The van der Waals surface area contributed by atoms with Crippen LogP contribution in [-0.4, -0.2) is 27.6 Å². The highest BCUT2D eigenvalue weighted by Gasteiger charge is 2.40. The third-order valence-corrected chi connectivity index (χ3v) is 7.48. The molecular formula is C33H30N4O3. The molecule has 5 aromatic rings. The number of nitrogens with one attached hydrogen (secondary N) is 1. The summed E-state index contributed by atoms with van der Waals surface area (Å²) in [6, 6.07) is 24.7. The molecule has 0 saturated heterocycles. The molecule has 0 radical (unpaired) electrons. The van der Waals surface area contributed by atoms with Gasteiger partial charge in [-0.15, -0.1) is 0 Å². The summed E-state index contributed by atoms with van der Waals surface area (Å²) in [5.41, 5.74) is 7.26. The first-order chi connectivity index (χ1) is 19.5. The summed E-state index contributed by atoms with van der Waals surface area (Å²) in [7, 11) is 1.64. The zero-order valence-electron chi connectivity index (χ0n) is 22.6. The number of allylic oxidation sites excluding steroid dienone is 1. The molecule has 1 amide bonds. The monoisotopic (exact) mass is 530 g/mol. The predicted octanol–water partition coefficient (Wildman–Crippen LogP) is 7.38. The summed E-state index contributed by atoms with van der Waals surface area (Å²) in [4.78, 5) is 21.9. The number of rotatable bonds is 7. The van der Waals surface area contributed by atoms with Gasteiger partial charge in [-0.05, 0) is 49.9 Å². The lowest BCUT2D eigenvalue weighted by Gasteiger charge is -2.42. The number of alkyl carbamates (subject to hydrolysis) is 1. The van der Waals surface area contributed by atoms with Crippen LogP contribution in [0.3, 0.4) is 0 Å². The molecule has 1 N–H and O–H groups in total. The maximum atomic E-state index is 12.4. The van der Waals surface area contributed by atoms with E-state index in [-0.39, 0.29) is 0 Å². The van der Waals surface area contributed by atoms with Crippen LogP contribution in [0.4, 0.5) is 4.79 Å². The first kappa shape index (κ1) is 25.4. The van der Waals surface area contributed by atoms with Gasteiger partial charge in [0.25, 0.3) is 0 Å². The number of benzene rings is 2. The van der Waals surface area contributed by atoms with Gasteiger partial charge in [-0.3, -0.25) is 9.38 Å². The van der Waals surface area contributed by atoms with Gasteiger partial charge in [0.1, 0.15) is 11.4 Å². The van der Waals surface area contributed by atoms with Gasteiger partial charge in [0.2, 0.25) is 0 Å². The maximum absolute atomic E-state index is 12.4. The van der Waals surface area contributed by atoms with Crippen LogP contribution in [0, 0.1) is 0 Å². The van der Waals surface area contributed by atoms with E-state index in [0.717, 1.165) is 64.1 Å². The molecular weight excluding hydrogens is 500 g/mol. The summed E-state index contributed by atoms with van der Waals surface area (Å²) in [6.07, 6.45) is 7.86. The molecule has 1 aliphatic carbocycles. The minimum Gasteiger partial charge on any atom is -0.495 e. The fourth-order valence-corrected chi connectivity index (χ4v) is 5.39. The van der Waals surface area contributed by atoms with Gasteiger partial charge in [-0.2, -0.15) is 0 Å². The summed E-state index contributed by atoms with van der Waals surface area (Å²) >= 11 is 0. The third-order valence-electron chi connectivity index (χ3n) is 7.48. The van der Waals surface area contributed by atoms with Crippen molar-refractivity contribution in [3.63, 3.8) is 0 Å². The Morgan fingerprint density at radius 1 is 0.975 bits per heavy atom. The Morgan fingerprint density at radius 2 is 1.75 bits per heavy atom. The first-order valence-corrected chi connectivity index (χ1v) is 13.3. The molecule has 0 atom stereocenters. The molecule has 2 aromatic carbocycles. The van der Waals surface area contributed by atoms with Gasteiger partial charge in [-0.25, -0.2) is 9.78 Å². The van der Waals surface area contributed by atoms with E-state index >= 15 is 0 Å². The minimum atomic E-state index is -0.470. The van der Waals surface area contributed by atoms with E-state index in [1.54, 1.807) is 20.2 Å². The van der Waals surface area contributed by atoms with Crippen LogP contribution in [0.25, 0.3) is 39.3 Å². The number of amides is 1. The standard InChI is InChI=1S/C33H30N4O3/c1-22(2)40-32(38)36-33(16-8-17-33)26-14-12-23(13-15-26)29-30(24-9-5-4-6-10-24)37-18-7-11-28(31(37)35-29)25-19-27(39-3)21-34-20-25/h4-7,9-15,18-21H,1,8,16-17H2,2-3H3,(H,36,38). The van der Waals surface area contributed by atoms with Crippen LogP contribution >= 0.6 is 0 Å². The number of hydrogen-bond donors (Lipinski definition) is 1. The Morgan fingerprint density at radius 3 is 2.42 bits per heavy atom. The van der Waals surface area contributed by atoms with Crippen LogP contribution < -0.4 is 10.1 Å². The lowest BCUT2D eigenvalue weighted by molar-refractivity contribution is 0.132. The summed E-state index contributed by atoms with van der Waals surface area (Å²) in [5, 5.41) is 3.07. The molecule has 1 aliphatic rings. The van der Waals surface area contributed by atoms with Crippen LogP contribution in [-0.2, 0) is 10.3 Å². The Hall–Kier alpha value is -4.91. The Bertz CT molecular complexity index is 1700. The van der Waals surface area contributed by atoms with Gasteiger partial charge in [0.15, 0.2) is 0 Å².